The third-order valence-electron chi connectivity index (χ3n) is 2.26. The average molecular weight is 272 g/mol. The molecule has 2 heterocycles. The standard InChI is InChI=1S/C11H14ClN3OS/c1-3-4-13-5-8-14-15-11(16-8)10-9(12)7(2)6-17-10/h6,13H,3-5H2,1-2H3. The highest BCUT2D eigenvalue weighted by Crippen LogP contribution is 2.35. The highest BCUT2D eigenvalue weighted by molar-refractivity contribution is 7.14. The van der Waals surface area contributed by atoms with Crippen molar-refractivity contribution in [3.8, 4) is 10.8 Å². The minimum Gasteiger partial charge on any atom is -0.418 e. The van der Waals surface area contributed by atoms with Crippen LogP contribution in [0.15, 0.2) is 9.80 Å². The van der Waals surface area contributed by atoms with Crippen molar-refractivity contribution < 1.29 is 4.42 Å². The van der Waals surface area contributed by atoms with Gasteiger partial charge in [-0.25, -0.2) is 0 Å². The SMILES string of the molecule is CCCNCc1nnc(-c2scc(C)c2Cl)o1. The van der Waals surface area contributed by atoms with Gasteiger partial charge in [-0.05, 0) is 30.8 Å². The van der Waals surface area contributed by atoms with Gasteiger partial charge < -0.3 is 9.73 Å². The van der Waals surface area contributed by atoms with E-state index in [0.717, 1.165) is 23.4 Å². The molecule has 2 aromatic rings. The summed E-state index contributed by atoms with van der Waals surface area (Å²) in [5.74, 6) is 1.09. The molecule has 0 bridgehead atoms. The quantitative estimate of drug-likeness (QED) is 0.848. The number of rotatable bonds is 5. The first-order valence-corrected chi connectivity index (χ1v) is 6.75. The van der Waals surface area contributed by atoms with Gasteiger partial charge in [-0.3, -0.25) is 0 Å². The summed E-state index contributed by atoms with van der Waals surface area (Å²) in [6.45, 7) is 5.61. The maximum atomic E-state index is 6.15. The highest BCUT2D eigenvalue weighted by Gasteiger charge is 2.15. The van der Waals surface area contributed by atoms with E-state index in [0.29, 0.717) is 23.3 Å². The second kappa shape index (κ2) is 5.62. The first-order valence-electron chi connectivity index (χ1n) is 5.49. The summed E-state index contributed by atoms with van der Waals surface area (Å²) >= 11 is 7.67. The van der Waals surface area contributed by atoms with Crippen LogP contribution in [0.1, 0.15) is 24.8 Å². The molecule has 0 aliphatic carbocycles. The fraction of sp³-hybridized carbons (Fsp3) is 0.455. The van der Waals surface area contributed by atoms with E-state index < -0.39 is 0 Å². The Balaban J connectivity index is 2.10. The molecule has 0 unspecified atom stereocenters. The van der Waals surface area contributed by atoms with Crippen LogP contribution in [-0.2, 0) is 6.54 Å². The van der Waals surface area contributed by atoms with Gasteiger partial charge in [-0.1, -0.05) is 18.5 Å². The number of hydrogen-bond donors (Lipinski definition) is 1. The van der Waals surface area contributed by atoms with Crippen LogP contribution in [0.2, 0.25) is 5.02 Å². The summed E-state index contributed by atoms with van der Waals surface area (Å²) in [5.41, 5.74) is 1.04. The topological polar surface area (TPSA) is 51.0 Å². The van der Waals surface area contributed by atoms with E-state index in [4.69, 9.17) is 16.0 Å². The minimum absolute atomic E-state index is 0.501. The lowest BCUT2D eigenvalue weighted by Crippen LogP contribution is -2.13. The van der Waals surface area contributed by atoms with Crippen molar-refractivity contribution in [2.24, 2.45) is 0 Å². The number of aryl methyl sites for hydroxylation is 1. The molecule has 2 aromatic heterocycles. The second-order valence-corrected chi connectivity index (χ2v) is 5.00. The molecule has 17 heavy (non-hydrogen) atoms. The zero-order valence-corrected chi connectivity index (χ0v) is 11.4. The molecule has 0 saturated heterocycles. The molecule has 0 aliphatic rings. The summed E-state index contributed by atoms with van der Waals surface area (Å²) in [4.78, 5) is 0.846. The van der Waals surface area contributed by atoms with Crippen molar-refractivity contribution in [1.29, 1.82) is 0 Å². The molecule has 0 saturated carbocycles. The molecule has 92 valence electrons. The number of aromatic nitrogens is 2. The first-order chi connectivity index (χ1) is 8.22. The Morgan fingerprint density at radius 2 is 2.29 bits per heavy atom. The lowest BCUT2D eigenvalue weighted by molar-refractivity contribution is 0.478. The number of thiophene rings is 1. The summed E-state index contributed by atoms with van der Waals surface area (Å²) < 4.78 is 5.55. The summed E-state index contributed by atoms with van der Waals surface area (Å²) in [5, 5.41) is 13.9. The largest absolute Gasteiger partial charge is 0.418 e. The number of nitrogens with zero attached hydrogens (tertiary/aromatic N) is 2. The van der Waals surface area contributed by atoms with Crippen LogP contribution in [0.5, 0.6) is 0 Å². The molecule has 0 aromatic carbocycles. The molecule has 0 radical (unpaired) electrons. The van der Waals surface area contributed by atoms with Gasteiger partial charge in [0.1, 0.15) is 4.88 Å². The van der Waals surface area contributed by atoms with Crippen molar-refractivity contribution in [2.75, 3.05) is 6.54 Å². The summed E-state index contributed by atoms with van der Waals surface area (Å²) in [7, 11) is 0. The molecule has 0 aliphatic heterocycles. The van der Waals surface area contributed by atoms with E-state index in [1.165, 1.54) is 11.3 Å². The zero-order chi connectivity index (χ0) is 12.3. The maximum Gasteiger partial charge on any atom is 0.259 e. The van der Waals surface area contributed by atoms with Crippen molar-refractivity contribution in [3.63, 3.8) is 0 Å². The Bertz CT molecular complexity index is 495. The molecular formula is C11H14ClN3OS. The first kappa shape index (κ1) is 12.5. The van der Waals surface area contributed by atoms with Gasteiger partial charge in [-0.15, -0.1) is 21.5 Å². The lowest BCUT2D eigenvalue weighted by atomic mass is 10.3. The van der Waals surface area contributed by atoms with Crippen LogP contribution >= 0.6 is 22.9 Å². The Morgan fingerprint density at radius 3 is 2.94 bits per heavy atom. The van der Waals surface area contributed by atoms with Gasteiger partial charge in [0.25, 0.3) is 5.89 Å². The monoisotopic (exact) mass is 271 g/mol. The third-order valence-corrected chi connectivity index (χ3v) is 3.95. The molecule has 0 fully saturated rings. The zero-order valence-electron chi connectivity index (χ0n) is 9.79. The lowest BCUT2D eigenvalue weighted by Gasteiger charge is -1.96. The fourth-order valence-electron chi connectivity index (χ4n) is 1.36. The Morgan fingerprint density at radius 1 is 1.47 bits per heavy atom. The minimum atomic E-state index is 0.501. The van der Waals surface area contributed by atoms with E-state index >= 15 is 0 Å². The maximum absolute atomic E-state index is 6.15. The van der Waals surface area contributed by atoms with Gasteiger partial charge in [0.15, 0.2) is 0 Å². The number of hydrogen-bond acceptors (Lipinski definition) is 5. The molecule has 4 nitrogen and oxygen atoms in total. The van der Waals surface area contributed by atoms with Gasteiger partial charge in [0.05, 0.1) is 11.6 Å². The molecule has 6 heteroatoms. The number of halogens is 1. The molecule has 2 rings (SSSR count). The predicted octanol–water partition coefficient (Wildman–Crippen LogP) is 3.26. The van der Waals surface area contributed by atoms with Gasteiger partial charge in [-0.2, -0.15) is 0 Å². The Kier molecular flexibility index (Phi) is 4.15. The predicted molar refractivity (Wildman–Crippen MR) is 69.4 cm³/mol. The smallest absolute Gasteiger partial charge is 0.259 e. The van der Waals surface area contributed by atoms with Gasteiger partial charge >= 0.3 is 0 Å². The van der Waals surface area contributed by atoms with E-state index in [1.54, 1.807) is 0 Å². The Hall–Kier alpha value is -0.910. The van der Waals surface area contributed by atoms with Crippen LogP contribution in [0, 0.1) is 6.92 Å². The van der Waals surface area contributed by atoms with Gasteiger partial charge in [0.2, 0.25) is 5.89 Å². The highest BCUT2D eigenvalue weighted by atomic mass is 35.5. The molecule has 1 N–H and O–H groups in total. The average Bonchev–Trinajstić information content (AvgIpc) is 2.89. The second-order valence-electron chi connectivity index (χ2n) is 3.74. The molecule has 0 atom stereocenters. The van der Waals surface area contributed by atoms with Gasteiger partial charge in [0, 0.05) is 0 Å². The van der Waals surface area contributed by atoms with E-state index in [2.05, 4.69) is 22.4 Å². The van der Waals surface area contributed by atoms with E-state index in [-0.39, 0.29) is 0 Å². The summed E-state index contributed by atoms with van der Waals surface area (Å²) in [6.07, 6.45) is 1.08. The fourth-order valence-corrected chi connectivity index (χ4v) is 2.56. The molecule has 0 spiro atoms. The molecular weight excluding hydrogens is 258 g/mol. The summed E-state index contributed by atoms with van der Waals surface area (Å²) in [6, 6.07) is 0. The van der Waals surface area contributed by atoms with Crippen LogP contribution in [0.25, 0.3) is 10.8 Å². The van der Waals surface area contributed by atoms with Crippen LogP contribution < -0.4 is 5.32 Å². The Labute approximate surface area is 109 Å². The van der Waals surface area contributed by atoms with Crippen molar-refractivity contribution in [2.45, 2.75) is 26.8 Å². The third kappa shape index (κ3) is 2.86. The number of nitrogens with one attached hydrogen (secondary N) is 1. The van der Waals surface area contributed by atoms with E-state index in [9.17, 15) is 0 Å². The van der Waals surface area contributed by atoms with Crippen LogP contribution in [0.3, 0.4) is 0 Å². The van der Waals surface area contributed by atoms with E-state index in [1.807, 2.05) is 12.3 Å². The van der Waals surface area contributed by atoms with Crippen LogP contribution in [-0.4, -0.2) is 16.7 Å². The van der Waals surface area contributed by atoms with Crippen molar-refractivity contribution >= 4 is 22.9 Å². The molecule has 0 amide bonds. The van der Waals surface area contributed by atoms with Crippen molar-refractivity contribution in [1.82, 2.24) is 15.5 Å². The normalized spacial score (nSPS) is 11.0. The van der Waals surface area contributed by atoms with Crippen molar-refractivity contribution in [3.05, 3.63) is 21.9 Å². The van der Waals surface area contributed by atoms with Crippen LogP contribution in [0.4, 0.5) is 0 Å².